The van der Waals surface area contributed by atoms with Crippen LogP contribution in [0, 0.1) is 6.92 Å². The second-order valence-corrected chi connectivity index (χ2v) is 2.60. The van der Waals surface area contributed by atoms with Crippen molar-refractivity contribution in [3.63, 3.8) is 0 Å². The van der Waals surface area contributed by atoms with Gasteiger partial charge in [0.25, 0.3) is 0 Å². The van der Waals surface area contributed by atoms with Gasteiger partial charge in [0.2, 0.25) is 5.88 Å². The standard InChI is InChI=1S/C10H14NO/c1-3-7-12-10-8-9(4-2)5-6-11-10/h5-6,8H,2-4,7H2,1H3. The van der Waals surface area contributed by atoms with E-state index in [1.54, 1.807) is 6.20 Å². The molecule has 2 nitrogen and oxygen atoms in total. The average Bonchev–Trinajstić information content (AvgIpc) is 2.15. The van der Waals surface area contributed by atoms with Crippen molar-refractivity contribution in [1.29, 1.82) is 0 Å². The molecular formula is C10H14NO. The second-order valence-electron chi connectivity index (χ2n) is 2.60. The Bertz CT molecular complexity index is 235. The molecule has 1 aromatic rings. The average molecular weight is 164 g/mol. The highest BCUT2D eigenvalue weighted by atomic mass is 16.5. The minimum absolute atomic E-state index is 0.706. The van der Waals surface area contributed by atoms with Crippen LogP contribution in [0.2, 0.25) is 0 Å². The zero-order chi connectivity index (χ0) is 8.81. The van der Waals surface area contributed by atoms with E-state index >= 15 is 0 Å². The fraction of sp³-hybridized carbons (Fsp3) is 0.400. The summed E-state index contributed by atoms with van der Waals surface area (Å²) in [4.78, 5) is 4.07. The van der Waals surface area contributed by atoms with Crippen LogP contribution < -0.4 is 4.74 Å². The van der Waals surface area contributed by atoms with Crippen LogP contribution in [0.1, 0.15) is 18.9 Å². The van der Waals surface area contributed by atoms with Gasteiger partial charge in [-0.2, -0.15) is 0 Å². The Morgan fingerprint density at radius 2 is 2.42 bits per heavy atom. The highest BCUT2D eigenvalue weighted by Crippen LogP contribution is 2.09. The number of nitrogens with zero attached hydrogens (tertiary/aromatic N) is 1. The second kappa shape index (κ2) is 4.75. The normalized spacial score (nSPS) is 9.83. The van der Waals surface area contributed by atoms with Gasteiger partial charge >= 0.3 is 0 Å². The van der Waals surface area contributed by atoms with E-state index in [9.17, 15) is 0 Å². The first-order chi connectivity index (χ1) is 5.86. The number of hydrogen-bond acceptors (Lipinski definition) is 2. The Balaban J connectivity index is 2.60. The molecule has 1 radical (unpaired) electrons. The highest BCUT2D eigenvalue weighted by molar-refractivity contribution is 5.20. The monoisotopic (exact) mass is 164 g/mol. The lowest BCUT2D eigenvalue weighted by atomic mass is 10.2. The number of aromatic nitrogens is 1. The molecule has 0 saturated carbocycles. The first-order valence-electron chi connectivity index (χ1n) is 4.23. The molecule has 0 amide bonds. The van der Waals surface area contributed by atoms with Crippen LogP contribution in [0.15, 0.2) is 18.3 Å². The van der Waals surface area contributed by atoms with Crippen LogP contribution in [0.3, 0.4) is 0 Å². The van der Waals surface area contributed by atoms with Gasteiger partial charge in [0.15, 0.2) is 0 Å². The molecule has 0 aliphatic carbocycles. The van der Waals surface area contributed by atoms with Gasteiger partial charge < -0.3 is 4.74 Å². The third-order valence-corrected chi connectivity index (χ3v) is 1.54. The Kier molecular flexibility index (Phi) is 3.58. The molecule has 0 fully saturated rings. The first-order valence-corrected chi connectivity index (χ1v) is 4.23. The smallest absolute Gasteiger partial charge is 0.213 e. The maximum absolute atomic E-state index is 5.36. The van der Waals surface area contributed by atoms with Gasteiger partial charge in [-0.15, -0.1) is 0 Å². The molecule has 1 rings (SSSR count). The van der Waals surface area contributed by atoms with Gasteiger partial charge in [0.1, 0.15) is 0 Å². The third kappa shape index (κ3) is 2.53. The van der Waals surface area contributed by atoms with Crippen molar-refractivity contribution >= 4 is 0 Å². The summed E-state index contributed by atoms with van der Waals surface area (Å²) in [6.45, 7) is 6.60. The molecule has 65 valence electrons. The van der Waals surface area contributed by atoms with E-state index in [2.05, 4.69) is 18.8 Å². The molecule has 0 spiro atoms. The Morgan fingerprint density at radius 1 is 1.58 bits per heavy atom. The van der Waals surface area contributed by atoms with Crippen molar-refractivity contribution in [3.8, 4) is 5.88 Å². The Labute approximate surface area is 73.6 Å². The molecule has 12 heavy (non-hydrogen) atoms. The van der Waals surface area contributed by atoms with E-state index in [-0.39, 0.29) is 0 Å². The predicted octanol–water partition coefficient (Wildman–Crippen LogP) is 2.25. The van der Waals surface area contributed by atoms with Crippen LogP contribution in [0.25, 0.3) is 0 Å². The summed E-state index contributed by atoms with van der Waals surface area (Å²) in [5.74, 6) is 0.706. The third-order valence-electron chi connectivity index (χ3n) is 1.54. The Morgan fingerprint density at radius 3 is 3.08 bits per heavy atom. The van der Waals surface area contributed by atoms with Crippen molar-refractivity contribution in [2.75, 3.05) is 6.61 Å². The molecular weight excluding hydrogens is 150 g/mol. The van der Waals surface area contributed by atoms with Crippen LogP contribution >= 0.6 is 0 Å². The molecule has 0 aliphatic rings. The number of hydrogen-bond donors (Lipinski definition) is 0. The lowest BCUT2D eigenvalue weighted by molar-refractivity contribution is 0.305. The van der Waals surface area contributed by atoms with Crippen LogP contribution in [-0.2, 0) is 6.42 Å². The van der Waals surface area contributed by atoms with Gasteiger partial charge in [-0.25, -0.2) is 4.98 Å². The summed E-state index contributed by atoms with van der Waals surface area (Å²) in [5, 5.41) is 0. The Hall–Kier alpha value is -1.05. The lowest BCUT2D eigenvalue weighted by Crippen LogP contribution is -1.97. The molecule has 2 heteroatoms. The van der Waals surface area contributed by atoms with E-state index in [1.807, 2.05) is 12.1 Å². The van der Waals surface area contributed by atoms with Gasteiger partial charge in [-0.05, 0) is 31.4 Å². The first kappa shape index (κ1) is 9.04. The topological polar surface area (TPSA) is 22.1 Å². The van der Waals surface area contributed by atoms with Gasteiger partial charge in [-0.3, -0.25) is 0 Å². The minimum Gasteiger partial charge on any atom is -0.478 e. The molecule has 0 aliphatic heterocycles. The van der Waals surface area contributed by atoms with Crippen LogP contribution in [0.4, 0.5) is 0 Å². The van der Waals surface area contributed by atoms with E-state index in [4.69, 9.17) is 4.74 Å². The lowest BCUT2D eigenvalue weighted by Gasteiger charge is -2.03. The van der Waals surface area contributed by atoms with E-state index in [0.717, 1.165) is 25.0 Å². The SMILES string of the molecule is [CH2]Cc1ccnc(OCCC)c1. The van der Waals surface area contributed by atoms with E-state index in [1.165, 1.54) is 0 Å². The maximum atomic E-state index is 5.36. The largest absolute Gasteiger partial charge is 0.478 e. The van der Waals surface area contributed by atoms with E-state index in [0.29, 0.717) is 5.88 Å². The fourth-order valence-electron chi connectivity index (χ4n) is 0.892. The fourth-order valence-corrected chi connectivity index (χ4v) is 0.892. The molecule has 0 N–H and O–H groups in total. The minimum atomic E-state index is 0.706. The number of pyridine rings is 1. The van der Waals surface area contributed by atoms with Crippen molar-refractivity contribution in [2.24, 2.45) is 0 Å². The van der Waals surface area contributed by atoms with Crippen molar-refractivity contribution in [1.82, 2.24) is 4.98 Å². The quantitative estimate of drug-likeness (QED) is 0.681. The summed E-state index contributed by atoms with van der Waals surface area (Å²) in [7, 11) is 0. The predicted molar refractivity (Wildman–Crippen MR) is 49.1 cm³/mol. The molecule has 1 aromatic heterocycles. The van der Waals surface area contributed by atoms with Crippen LogP contribution in [0.5, 0.6) is 5.88 Å². The van der Waals surface area contributed by atoms with Crippen LogP contribution in [-0.4, -0.2) is 11.6 Å². The summed E-state index contributed by atoms with van der Waals surface area (Å²) in [6, 6.07) is 3.88. The zero-order valence-electron chi connectivity index (χ0n) is 7.42. The molecule has 0 aromatic carbocycles. The molecule has 0 unspecified atom stereocenters. The molecule has 0 bridgehead atoms. The van der Waals surface area contributed by atoms with Crippen molar-refractivity contribution in [3.05, 3.63) is 30.8 Å². The number of ether oxygens (including phenoxy) is 1. The molecule has 0 saturated heterocycles. The molecule has 0 atom stereocenters. The summed E-state index contributed by atoms with van der Waals surface area (Å²) >= 11 is 0. The van der Waals surface area contributed by atoms with Gasteiger partial charge in [0.05, 0.1) is 6.61 Å². The van der Waals surface area contributed by atoms with E-state index < -0.39 is 0 Å². The summed E-state index contributed by atoms with van der Waals surface area (Å²) in [6.07, 6.45) is 3.55. The van der Waals surface area contributed by atoms with Crippen molar-refractivity contribution < 1.29 is 4.74 Å². The highest BCUT2D eigenvalue weighted by Gasteiger charge is 1.94. The summed E-state index contributed by atoms with van der Waals surface area (Å²) < 4.78 is 5.36. The van der Waals surface area contributed by atoms with Crippen molar-refractivity contribution in [2.45, 2.75) is 19.8 Å². The zero-order valence-corrected chi connectivity index (χ0v) is 7.42. The van der Waals surface area contributed by atoms with Gasteiger partial charge in [-0.1, -0.05) is 6.92 Å². The van der Waals surface area contributed by atoms with Gasteiger partial charge in [0, 0.05) is 12.3 Å². The number of rotatable bonds is 4. The maximum Gasteiger partial charge on any atom is 0.213 e. The summed E-state index contributed by atoms with van der Waals surface area (Å²) in [5.41, 5.74) is 1.16. The molecule has 1 heterocycles.